The molecular weight excluding hydrogens is 310 g/mol. The van der Waals surface area contributed by atoms with Gasteiger partial charge in [-0.25, -0.2) is 4.79 Å². The summed E-state index contributed by atoms with van der Waals surface area (Å²) in [4.78, 5) is 12.4. The van der Waals surface area contributed by atoms with Gasteiger partial charge in [-0.05, 0) is 24.6 Å². The molecule has 3 nitrogen and oxygen atoms in total. The van der Waals surface area contributed by atoms with Crippen molar-refractivity contribution in [1.29, 1.82) is 0 Å². The molecule has 2 aromatic rings. The Hall–Kier alpha value is -2.16. The fourth-order valence-corrected chi connectivity index (χ4v) is 2.92. The summed E-state index contributed by atoms with van der Waals surface area (Å²) in [6.07, 6.45) is 12.2. The second-order valence-corrected chi connectivity index (χ2v) is 6.46. The minimum atomic E-state index is -0.300. The maximum atomic E-state index is 12.4. The largest absolute Gasteiger partial charge is 0.419 e. The average molecular weight is 340 g/mol. The Kier molecular flexibility index (Phi) is 8.74. The van der Waals surface area contributed by atoms with Crippen LogP contribution in [0.1, 0.15) is 68.8 Å². The van der Waals surface area contributed by atoms with Crippen LogP contribution in [0.4, 0.5) is 0 Å². The van der Waals surface area contributed by atoms with Crippen molar-refractivity contribution in [2.75, 3.05) is 0 Å². The third-order valence-electron chi connectivity index (χ3n) is 4.36. The van der Waals surface area contributed by atoms with Crippen LogP contribution in [0.15, 0.2) is 54.7 Å². The third-order valence-corrected chi connectivity index (χ3v) is 4.36. The van der Waals surface area contributed by atoms with E-state index < -0.39 is 0 Å². The van der Waals surface area contributed by atoms with E-state index >= 15 is 0 Å². The summed E-state index contributed by atoms with van der Waals surface area (Å²) in [5.74, 6) is 0.279. The number of aromatic nitrogens is 1. The van der Waals surface area contributed by atoms with Crippen LogP contribution in [-0.2, 0) is 6.54 Å². The van der Waals surface area contributed by atoms with Gasteiger partial charge in [-0.2, -0.15) is 4.57 Å². The van der Waals surface area contributed by atoms with Crippen molar-refractivity contribution in [3.8, 4) is 5.75 Å². The Morgan fingerprint density at radius 3 is 2.20 bits per heavy atom. The predicted octanol–water partition coefficient (Wildman–Crippen LogP) is 5.33. The summed E-state index contributed by atoms with van der Waals surface area (Å²) in [7, 11) is 0. The molecule has 1 heterocycles. The number of pyridine rings is 1. The minimum absolute atomic E-state index is 0.300. The van der Waals surface area contributed by atoms with Crippen molar-refractivity contribution in [3.05, 3.63) is 60.4 Å². The minimum Gasteiger partial charge on any atom is -0.419 e. The third kappa shape index (κ3) is 7.08. The molecule has 0 aliphatic carbocycles. The van der Waals surface area contributed by atoms with Crippen molar-refractivity contribution >= 4 is 5.97 Å². The van der Waals surface area contributed by atoms with Crippen molar-refractivity contribution in [2.24, 2.45) is 0 Å². The van der Waals surface area contributed by atoms with Gasteiger partial charge in [-0.1, -0.05) is 63.6 Å². The highest BCUT2D eigenvalue weighted by molar-refractivity contribution is 5.87. The molecule has 25 heavy (non-hydrogen) atoms. The molecule has 0 saturated heterocycles. The first-order valence-electron chi connectivity index (χ1n) is 9.57. The van der Waals surface area contributed by atoms with Gasteiger partial charge in [0.2, 0.25) is 0 Å². The van der Waals surface area contributed by atoms with Crippen LogP contribution >= 0.6 is 0 Å². The van der Waals surface area contributed by atoms with E-state index in [9.17, 15) is 4.79 Å². The molecule has 0 saturated carbocycles. The van der Waals surface area contributed by atoms with E-state index in [4.69, 9.17) is 4.74 Å². The molecule has 0 aliphatic rings. The van der Waals surface area contributed by atoms with Gasteiger partial charge in [0.1, 0.15) is 12.3 Å². The average Bonchev–Trinajstić information content (AvgIpc) is 2.65. The number of benzene rings is 1. The molecule has 0 spiro atoms. The zero-order valence-corrected chi connectivity index (χ0v) is 15.3. The smallest absolute Gasteiger partial charge is 0.409 e. The molecule has 0 N–H and O–H groups in total. The van der Waals surface area contributed by atoms with Crippen LogP contribution in [0.3, 0.4) is 0 Å². The highest BCUT2D eigenvalue weighted by Crippen LogP contribution is 2.11. The van der Waals surface area contributed by atoms with E-state index in [1.54, 1.807) is 12.1 Å². The first-order chi connectivity index (χ1) is 12.3. The molecule has 0 aliphatic heterocycles. The number of unbranched alkanes of at least 4 members (excludes halogenated alkanes) is 7. The van der Waals surface area contributed by atoms with Crippen molar-refractivity contribution in [3.63, 3.8) is 0 Å². The van der Waals surface area contributed by atoms with Crippen molar-refractivity contribution < 1.29 is 14.1 Å². The van der Waals surface area contributed by atoms with Gasteiger partial charge in [0.05, 0.1) is 0 Å². The molecule has 0 radical (unpaired) electrons. The maximum absolute atomic E-state index is 12.4. The van der Waals surface area contributed by atoms with Gasteiger partial charge >= 0.3 is 5.97 Å². The number of hydrogen-bond acceptors (Lipinski definition) is 2. The molecule has 0 fully saturated rings. The topological polar surface area (TPSA) is 30.2 Å². The molecule has 0 atom stereocenters. The number of hydrogen-bond donors (Lipinski definition) is 0. The van der Waals surface area contributed by atoms with Gasteiger partial charge < -0.3 is 4.74 Å². The normalized spacial score (nSPS) is 10.6. The molecule has 1 aromatic heterocycles. The Bertz CT molecular complexity index is 625. The zero-order chi connectivity index (χ0) is 17.7. The lowest BCUT2D eigenvalue weighted by Gasteiger charge is -2.05. The highest BCUT2D eigenvalue weighted by atomic mass is 16.5. The molecular formula is C22H30NO2+. The summed E-state index contributed by atoms with van der Waals surface area (Å²) in [6.45, 7) is 3.10. The fraction of sp³-hybridized carbons (Fsp3) is 0.455. The number of para-hydroxylation sites is 1. The lowest BCUT2D eigenvalue weighted by atomic mass is 10.1. The Morgan fingerprint density at radius 1 is 0.840 bits per heavy atom. The quantitative estimate of drug-likeness (QED) is 0.239. The molecule has 0 bridgehead atoms. The number of esters is 1. The van der Waals surface area contributed by atoms with E-state index in [0.717, 1.165) is 13.0 Å². The second kappa shape index (κ2) is 11.4. The first-order valence-corrected chi connectivity index (χ1v) is 9.57. The van der Waals surface area contributed by atoms with Crippen LogP contribution in [0.2, 0.25) is 0 Å². The SMILES string of the molecule is CCCCCCCCCC[n+]1ccccc1C(=O)Oc1ccccc1. The Morgan fingerprint density at radius 2 is 1.48 bits per heavy atom. The van der Waals surface area contributed by atoms with Crippen LogP contribution < -0.4 is 9.30 Å². The lowest BCUT2D eigenvalue weighted by molar-refractivity contribution is -0.699. The number of carbonyl (C=O) groups is 1. The van der Waals surface area contributed by atoms with E-state index in [0.29, 0.717) is 11.4 Å². The number of rotatable bonds is 11. The number of aryl methyl sites for hydroxylation is 1. The van der Waals surface area contributed by atoms with E-state index in [1.165, 1.54) is 44.9 Å². The molecule has 134 valence electrons. The fourth-order valence-electron chi connectivity index (χ4n) is 2.92. The van der Waals surface area contributed by atoms with Crippen LogP contribution in [-0.4, -0.2) is 5.97 Å². The van der Waals surface area contributed by atoms with Crippen LogP contribution in [0, 0.1) is 0 Å². The molecule has 0 amide bonds. The summed E-state index contributed by atoms with van der Waals surface area (Å²) in [5.41, 5.74) is 0.606. The molecule has 3 heteroatoms. The summed E-state index contributed by atoms with van der Waals surface area (Å²) >= 11 is 0. The summed E-state index contributed by atoms with van der Waals surface area (Å²) in [5, 5.41) is 0. The summed E-state index contributed by atoms with van der Waals surface area (Å²) in [6, 6.07) is 14.9. The number of nitrogens with zero attached hydrogens (tertiary/aromatic N) is 1. The van der Waals surface area contributed by atoms with Gasteiger partial charge in [-0.15, -0.1) is 0 Å². The molecule has 2 rings (SSSR count). The highest BCUT2D eigenvalue weighted by Gasteiger charge is 2.20. The van der Waals surface area contributed by atoms with Gasteiger partial charge in [0.15, 0.2) is 6.20 Å². The van der Waals surface area contributed by atoms with Gasteiger partial charge in [-0.3, -0.25) is 0 Å². The Labute approximate surface area is 151 Å². The van der Waals surface area contributed by atoms with E-state index in [1.807, 2.05) is 47.2 Å². The predicted molar refractivity (Wildman–Crippen MR) is 101 cm³/mol. The standard InChI is InChI=1S/C22H30NO2/c1-2-3-4-5-6-7-8-13-18-23-19-14-12-17-21(23)22(24)25-20-15-10-9-11-16-20/h9-12,14-17,19H,2-8,13,18H2,1H3/q+1. The lowest BCUT2D eigenvalue weighted by Crippen LogP contribution is -2.41. The van der Waals surface area contributed by atoms with Crippen LogP contribution in [0.25, 0.3) is 0 Å². The molecule has 0 unspecified atom stereocenters. The summed E-state index contributed by atoms with van der Waals surface area (Å²) < 4.78 is 7.47. The second-order valence-electron chi connectivity index (χ2n) is 6.46. The van der Waals surface area contributed by atoms with Crippen molar-refractivity contribution in [2.45, 2.75) is 64.8 Å². The van der Waals surface area contributed by atoms with E-state index in [2.05, 4.69) is 6.92 Å². The monoisotopic (exact) mass is 340 g/mol. The maximum Gasteiger partial charge on any atom is 0.409 e. The van der Waals surface area contributed by atoms with E-state index in [-0.39, 0.29) is 5.97 Å². The molecule has 1 aromatic carbocycles. The Balaban J connectivity index is 1.79. The first kappa shape index (κ1) is 19.2. The number of carbonyl (C=O) groups excluding carboxylic acids is 1. The van der Waals surface area contributed by atoms with Crippen LogP contribution in [0.5, 0.6) is 5.75 Å². The zero-order valence-electron chi connectivity index (χ0n) is 15.3. The number of ether oxygens (including phenoxy) is 1. The van der Waals surface area contributed by atoms with Crippen molar-refractivity contribution in [1.82, 2.24) is 0 Å². The van der Waals surface area contributed by atoms with Gasteiger partial charge in [0, 0.05) is 18.6 Å². The van der Waals surface area contributed by atoms with Gasteiger partial charge in [0.25, 0.3) is 5.69 Å².